The number of amides is 1. The summed E-state index contributed by atoms with van der Waals surface area (Å²) in [4.78, 5) is 26.2. The Bertz CT molecular complexity index is 1010. The summed E-state index contributed by atoms with van der Waals surface area (Å²) in [6.45, 7) is 0. The fourth-order valence-electron chi connectivity index (χ4n) is 2.42. The monoisotopic (exact) mass is 364 g/mol. The third kappa shape index (κ3) is 4.30. The average molecular weight is 364 g/mol. The van der Waals surface area contributed by atoms with Gasteiger partial charge in [-0.3, -0.25) is 9.59 Å². The number of hydrogen-bond donors (Lipinski definition) is 2. The highest BCUT2D eigenvalue weighted by Gasteiger charge is 2.11. The summed E-state index contributed by atoms with van der Waals surface area (Å²) in [5, 5.41) is 13.9. The zero-order chi connectivity index (χ0) is 19.4. The minimum atomic E-state index is -0.443. The largest absolute Gasteiger partial charge is 0.376 e. The lowest BCUT2D eigenvalue weighted by Crippen LogP contribution is -2.26. The van der Waals surface area contributed by atoms with E-state index in [4.69, 9.17) is 0 Å². The maximum atomic E-state index is 12.3. The van der Waals surface area contributed by atoms with Crippen molar-refractivity contribution < 1.29 is 4.79 Å². The van der Waals surface area contributed by atoms with E-state index in [-0.39, 0.29) is 11.1 Å². The second kappa shape index (κ2) is 7.69. The van der Waals surface area contributed by atoms with Crippen LogP contribution in [0.25, 0.3) is 0 Å². The summed E-state index contributed by atoms with van der Waals surface area (Å²) in [6.07, 6.45) is 3.28. The van der Waals surface area contributed by atoms with Crippen LogP contribution in [-0.2, 0) is 7.05 Å². The molecule has 0 unspecified atom stereocenters. The van der Waals surface area contributed by atoms with E-state index in [0.717, 1.165) is 11.4 Å². The van der Waals surface area contributed by atoms with Crippen molar-refractivity contribution in [3.05, 3.63) is 70.8 Å². The number of carbonyl (C=O) groups is 1. The van der Waals surface area contributed by atoms with Crippen molar-refractivity contribution in [3.8, 4) is 0 Å². The molecule has 0 fully saturated rings. The van der Waals surface area contributed by atoms with Gasteiger partial charge < -0.3 is 20.1 Å². The Morgan fingerprint density at radius 1 is 1.11 bits per heavy atom. The molecule has 0 saturated carbocycles. The Labute approximate surface area is 156 Å². The molecule has 0 aliphatic carbocycles. The van der Waals surface area contributed by atoms with Crippen molar-refractivity contribution in [2.45, 2.75) is 0 Å². The second-order valence-electron chi connectivity index (χ2n) is 6.19. The first-order valence-corrected chi connectivity index (χ1v) is 8.28. The van der Waals surface area contributed by atoms with Crippen LogP contribution in [0.1, 0.15) is 10.4 Å². The topological polar surface area (TPSA) is 92.2 Å². The zero-order valence-corrected chi connectivity index (χ0v) is 15.3. The van der Waals surface area contributed by atoms with Crippen LogP contribution in [0.4, 0.5) is 22.9 Å². The lowest BCUT2D eigenvalue weighted by Gasteiger charge is -2.13. The van der Waals surface area contributed by atoms with Gasteiger partial charge in [0.25, 0.3) is 11.5 Å². The van der Waals surface area contributed by atoms with Crippen LogP contribution in [0, 0.1) is 0 Å². The molecule has 2 N–H and O–H groups in total. The summed E-state index contributed by atoms with van der Waals surface area (Å²) >= 11 is 0. The lowest BCUT2D eigenvalue weighted by atomic mass is 10.2. The van der Waals surface area contributed by atoms with Crippen molar-refractivity contribution in [2.75, 3.05) is 29.6 Å². The standard InChI is InChI=1S/C19H20N6O2/c1-24(2)15-11-17(23-20-12-15)21-13-6-8-14(9-7-13)22-18(26)16-5-4-10-25(3)19(16)27/h4-12H,1-3H3,(H,21,23)(H,22,26). The molecule has 0 bridgehead atoms. The fourth-order valence-corrected chi connectivity index (χ4v) is 2.42. The van der Waals surface area contributed by atoms with E-state index in [2.05, 4.69) is 20.8 Å². The molecule has 2 aromatic heterocycles. The van der Waals surface area contributed by atoms with Gasteiger partial charge in [0.2, 0.25) is 0 Å². The van der Waals surface area contributed by atoms with Crippen LogP contribution in [0.5, 0.6) is 0 Å². The Hall–Kier alpha value is -3.68. The summed E-state index contributed by atoms with van der Waals surface area (Å²) in [5.41, 5.74) is 2.07. The van der Waals surface area contributed by atoms with E-state index in [1.165, 1.54) is 10.6 Å². The predicted octanol–water partition coefficient (Wildman–Crippen LogP) is 2.24. The third-order valence-corrected chi connectivity index (χ3v) is 3.94. The second-order valence-corrected chi connectivity index (χ2v) is 6.19. The van der Waals surface area contributed by atoms with Gasteiger partial charge in [-0.25, -0.2) is 0 Å². The van der Waals surface area contributed by atoms with E-state index < -0.39 is 5.91 Å². The zero-order valence-electron chi connectivity index (χ0n) is 15.3. The van der Waals surface area contributed by atoms with E-state index >= 15 is 0 Å². The first-order valence-electron chi connectivity index (χ1n) is 8.28. The predicted molar refractivity (Wildman–Crippen MR) is 106 cm³/mol. The molecular formula is C19H20N6O2. The highest BCUT2D eigenvalue weighted by atomic mass is 16.2. The Morgan fingerprint density at radius 2 is 1.81 bits per heavy atom. The van der Waals surface area contributed by atoms with E-state index in [9.17, 15) is 9.59 Å². The number of benzene rings is 1. The Balaban J connectivity index is 1.70. The number of aromatic nitrogens is 3. The Morgan fingerprint density at radius 3 is 2.52 bits per heavy atom. The molecule has 1 aromatic carbocycles. The molecule has 0 aliphatic heterocycles. The van der Waals surface area contributed by atoms with E-state index in [1.54, 1.807) is 37.6 Å². The van der Waals surface area contributed by atoms with Crippen LogP contribution in [0.2, 0.25) is 0 Å². The summed E-state index contributed by atoms with van der Waals surface area (Å²) in [7, 11) is 5.46. The lowest BCUT2D eigenvalue weighted by molar-refractivity contribution is 0.102. The van der Waals surface area contributed by atoms with Gasteiger partial charge in [-0.2, -0.15) is 5.10 Å². The maximum absolute atomic E-state index is 12.3. The number of nitrogens with one attached hydrogen (secondary N) is 2. The number of anilines is 4. The SMILES string of the molecule is CN(C)c1cnnc(Nc2ccc(NC(=O)c3cccn(C)c3=O)cc2)c1. The smallest absolute Gasteiger partial charge is 0.263 e. The first-order chi connectivity index (χ1) is 12.9. The number of pyridine rings is 1. The number of carbonyl (C=O) groups excluding carboxylic acids is 1. The van der Waals surface area contributed by atoms with Gasteiger partial charge >= 0.3 is 0 Å². The number of aryl methyl sites for hydroxylation is 1. The molecule has 0 radical (unpaired) electrons. The van der Waals surface area contributed by atoms with Gasteiger partial charge in [-0.05, 0) is 36.4 Å². The highest BCUT2D eigenvalue weighted by molar-refractivity contribution is 6.04. The minimum Gasteiger partial charge on any atom is -0.376 e. The van der Waals surface area contributed by atoms with Gasteiger partial charge in [0.15, 0.2) is 5.82 Å². The summed E-state index contributed by atoms with van der Waals surface area (Å²) in [6, 6.07) is 12.2. The van der Waals surface area contributed by atoms with Gasteiger partial charge in [0.1, 0.15) is 5.56 Å². The molecule has 8 heteroatoms. The normalized spacial score (nSPS) is 10.3. The average Bonchev–Trinajstić information content (AvgIpc) is 2.65. The molecular weight excluding hydrogens is 344 g/mol. The first kappa shape index (κ1) is 18.1. The van der Waals surface area contributed by atoms with Gasteiger partial charge in [0.05, 0.1) is 11.9 Å². The molecule has 3 rings (SSSR count). The molecule has 0 saturated heterocycles. The van der Waals surface area contributed by atoms with Gasteiger partial charge in [-0.15, -0.1) is 5.10 Å². The van der Waals surface area contributed by atoms with Crippen LogP contribution >= 0.6 is 0 Å². The van der Waals surface area contributed by atoms with Gasteiger partial charge in [0, 0.05) is 44.8 Å². The number of nitrogens with zero attached hydrogens (tertiary/aromatic N) is 4. The summed E-state index contributed by atoms with van der Waals surface area (Å²) in [5.74, 6) is 0.173. The molecule has 0 spiro atoms. The molecule has 8 nitrogen and oxygen atoms in total. The molecule has 3 aromatic rings. The van der Waals surface area contributed by atoms with Crippen molar-refractivity contribution >= 4 is 28.8 Å². The van der Waals surface area contributed by atoms with Crippen LogP contribution in [0.3, 0.4) is 0 Å². The van der Waals surface area contributed by atoms with Crippen molar-refractivity contribution in [1.82, 2.24) is 14.8 Å². The molecule has 138 valence electrons. The maximum Gasteiger partial charge on any atom is 0.263 e. The van der Waals surface area contributed by atoms with Crippen molar-refractivity contribution in [2.24, 2.45) is 7.05 Å². The number of hydrogen-bond acceptors (Lipinski definition) is 6. The number of rotatable bonds is 5. The molecule has 0 atom stereocenters. The molecule has 2 heterocycles. The fraction of sp³-hybridized carbons (Fsp3) is 0.158. The molecule has 0 aliphatic rings. The van der Waals surface area contributed by atoms with E-state index in [0.29, 0.717) is 11.5 Å². The third-order valence-electron chi connectivity index (χ3n) is 3.94. The van der Waals surface area contributed by atoms with Crippen LogP contribution in [0.15, 0.2) is 59.7 Å². The van der Waals surface area contributed by atoms with Crippen LogP contribution in [-0.4, -0.2) is 34.8 Å². The van der Waals surface area contributed by atoms with Crippen molar-refractivity contribution in [1.29, 1.82) is 0 Å². The van der Waals surface area contributed by atoms with Gasteiger partial charge in [-0.1, -0.05) is 0 Å². The Kier molecular flexibility index (Phi) is 5.16. The molecule has 27 heavy (non-hydrogen) atoms. The van der Waals surface area contributed by atoms with Crippen molar-refractivity contribution in [3.63, 3.8) is 0 Å². The van der Waals surface area contributed by atoms with E-state index in [1.807, 2.05) is 37.2 Å². The quantitative estimate of drug-likeness (QED) is 0.721. The minimum absolute atomic E-state index is 0.0953. The summed E-state index contributed by atoms with van der Waals surface area (Å²) < 4.78 is 1.37. The molecule has 1 amide bonds. The highest BCUT2D eigenvalue weighted by Crippen LogP contribution is 2.20. The van der Waals surface area contributed by atoms with Crippen LogP contribution < -0.4 is 21.1 Å².